The summed E-state index contributed by atoms with van der Waals surface area (Å²) >= 11 is 0. The van der Waals surface area contributed by atoms with Crippen LogP contribution < -0.4 is 5.32 Å². The zero-order valence-corrected chi connectivity index (χ0v) is 17.3. The normalized spacial score (nSPS) is 11.6. The summed E-state index contributed by atoms with van der Waals surface area (Å²) in [4.78, 5) is 39.0. The van der Waals surface area contributed by atoms with Gasteiger partial charge in [0.25, 0.3) is 11.6 Å². The van der Waals surface area contributed by atoms with E-state index < -0.39 is 22.8 Å². The predicted molar refractivity (Wildman–Crippen MR) is 123 cm³/mol. The maximum Gasteiger partial charge on any atom is 0.305 e. The summed E-state index contributed by atoms with van der Waals surface area (Å²) in [5.41, 5.74) is 2.17. The number of aromatic nitrogens is 1. The molecule has 1 heterocycles. The molecule has 3 aromatic carbocycles. The third-order valence-corrected chi connectivity index (χ3v) is 5.25. The fourth-order valence-corrected chi connectivity index (χ4v) is 3.57. The van der Waals surface area contributed by atoms with Crippen molar-refractivity contribution < 1.29 is 19.6 Å². The molecule has 1 aromatic heterocycles. The van der Waals surface area contributed by atoms with Crippen LogP contribution in [0, 0.1) is 10.1 Å². The number of rotatable bonds is 7. The Morgan fingerprint density at radius 1 is 0.939 bits per heavy atom. The molecule has 33 heavy (non-hydrogen) atoms. The first-order valence-electron chi connectivity index (χ1n) is 10.1. The Kier molecular flexibility index (Phi) is 6.08. The second kappa shape index (κ2) is 9.27. The van der Waals surface area contributed by atoms with E-state index in [-0.39, 0.29) is 17.8 Å². The second-order valence-electron chi connectivity index (χ2n) is 7.47. The minimum absolute atomic E-state index is 0.0181. The molecular weight excluding hydrogens is 422 g/mol. The van der Waals surface area contributed by atoms with Crippen LogP contribution in [0.1, 0.15) is 28.5 Å². The van der Waals surface area contributed by atoms with E-state index in [1.54, 1.807) is 48.7 Å². The Hall–Kier alpha value is -4.59. The number of nitrogens with one attached hydrogen (secondary N) is 1. The second-order valence-corrected chi connectivity index (χ2v) is 7.47. The standard InChI is InChI=1S/C25H19N3O5/c29-24(30)14-22(27-25(31)23-13-19-4-1-2-5-20(19)15-26-23)17-10-8-16(9-11-17)18-6-3-7-21(12-18)28(32)33/h1-13,15,22H,14H2,(H,27,31)(H,29,30). The van der Waals surface area contributed by atoms with E-state index in [0.717, 1.165) is 16.3 Å². The van der Waals surface area contributed by atoms with Gasteiger partial charge in [-0.2, -0.15) is 0 Å². The molecule has 0 saturated carbocycles. The average molecular weight is 441 g/mol. The van der Waals surface area contributed by atoms with Crippen LogP contribution >= 0.6 is 0 Å². The zero-order chi connectivity index (χ0) is 23.4. The molecule has 0 aliphatic carbocycles. The van der Waals surface area contributed by atoms with Crippen molar-refractivity contribution in [2.24, 2.45) is 0 Å². The number of nitro groups is 1. The van der Waals surface area contributed by atoms with Gasteiger partial charge in [0, 0.05) is 23.7 Å². The fourth-order valence-electron chi connectivity index (χ4n) is 3.57. The van der Waals surface area contributed by atoms with E-state index in [2.05, 4.69) is 10.3 Å². The summed E-state index contributed by atoms with van der Waals surface area (Å²) in [7, 11) is 0. The van der Waals surface area contributed by atoms with Gasteiger partial charge < -0.3 is 10.4 Å². The lowest BCUT2D eigenvalue weighted by Gasteiger charge is -2.18. The monoisotopic (exact) mass is 441 g/mol. The molecule has 0 spiro atoms. The van der Waals surface area contributed by atoms with Gasteiger partial charge in [-0.1, -0.05) is 60.7 Å². The molecule has 0 bridgehead atoms. The van der Waals surface area contributed by atoms with Gasteiger partial charge in [-0.05, 0) is 28.1 Å². The van der Waals surface area contributed by atoms with Crippen LogP contribution in [-0.2, 0) is 4.79 Å². The number of carboxylic acid groups (broad SMARTS) is 1. The molecule has 1 atom stereocenters. The Balaban J connectivity index is 1.57. The maximum atomic E-state index is 12.8. The zero-order valence-electron chi connectivity index (χ0n) is 17.3. The number of nitro benzene ring substituents is 1. The van der Waals surface area contributed by atoms with E-state index >= 15 is 0 Å². The molecule has 0 fully saturated rings. The Bertz CT molecular complexity index is 1350. The highest BCUT2D eigenvalue weighted by Gasteiger charge is 2.20. The Morgan fingerprint density at radius 2 is 1.67 bits per heavy atom. The minimum atomic E-state index is -1.06. The molecule has 0 aliphatic heterocycles. The van der Waals surface area contributed by atoms with E-state index in [4.69, 9.17) is 0 Å². The molecule has 8 heteroatoms. The third-order valence-electron chi connectivity index (χ3n) is 5.25. The van der Waals surface area contributed by atoms with Gasteiger partial charge >= 0.3 is 5.97 Å². The Morgan fingerprint density at radius 3 is 2.36 bits per heavy atom. The first-order valence-corrected chi connectivity index (χ1v) is 10.1. The van der Waals surface area contributed by atoms with E-state index in [0.29, 0.717) is 11.1 Å². The summed E-state index contributed by atoms with van der Waals surface area (Å²) in [6, 6.07) is 21.5. The fraction of sp³-hybridized carbons (Fsp3) is 0.0800. The number of amides is 1. The molecule has 4 aromatic rings. The number of hydrogen-bond donors (Lipinski definition) is 2. The number of carboxylic acids is 1. The summed E-state index contributed by atoms with van der Waals surface area (Å²) < 4.78 is 0. The van der Waals surface area contributed by atoms with Crippen molar-refractivity contribution in [2.45, 2.75) is 12.5 Å². The summed E-state index contributed by atoms with van der Waals surface area (Å²) in [6.45, 7) is 0. The number of carbonyl (C=O) groups is 2. The Labute approximate surface area is 188 Å². The van der Waals surface area contributed by atoms with Gasteiger partial charge in [-0.15, -0.1) is 0 Å². The lowest BCUT2D eigenvalue weighted by molar-refractivity contribution is -0.384. The number of nitrogens with zero attached hydrogens (tertiary/aromatic N) is 2. The molecule has 2 N–H and O–H groups in total. The van der Waals surface area contributed by atoms with Gasteiger partial charge in [-0.25, -0.2) is 0 Å². The highest BCUT2D eigenvalue weighted by molar-refractivity contribution is 5.96. The molecule has 0 aliphatic rings. The molecule has 4 rings (SSSR count). The van der Waals surface area contributed by atoms with Crippen molar-refractivity contribution in [2.75, 3.05) is 0 Å². The van der Waals surface area contributed by atoms with Gasteiger partial charge in [0.15, 0.2) is 0 Å². The van der Waals surface area contributed by atoms with Crippen molar-refractivity contribution in [3.63, 3.8) is 0 Å². The van der Waals surface area contributed by atoms with Crippen LogP contribution in [0.15, 0.2) is 85.1 Å². The number of pyridine rings is 1. The highest BCUT2D eigenvalue weighted by Crippen LogP contribution is 2.26. The topological polar surface area (TPSA) is 122 Å². The lowest BCUT2D eigenvalue weighted by atomic mass is 9.98. The first kappa shape index (κ1) is 21.6. The van der Waals surface area contributed by atoms with Gasteiger partial charge in [0.05, 0.1) is 17.4 Å². The SMILES string of the molecule is O=C(O)CC(NC(=O)c1cc2ccccc2cn1)c1ccc(-c2cccc([N+](=O)[O-])c2)cc1. The molecule has 0 radical (unpaired) electrons. The van der Waals surface area contributed by atoms with E-state index in [1.165, 1.54) is 12.1 Å². The van der Waals surface area contributed by atoms with Crippen LogP contribution in [0.4, 0.5) is 5.69 Å². The van der Waals surface area contributed by atoms with Crippen molar-refractivity contribution in [3.05, 3.63) is 106 Å². The smallest absolute Gasteiger partial charge is 0.305 e. The highest BCUT2D eigenvalue weighted by atomic mass is 16.6. The molecule has 1 unspecified atom stereocenters. The molecule has 0 saturated heterocycles. The first-order chi connectivity index (χ1) is 15.9. The van der Waals surface area contributed by atoms with Crippen LogP contribution in [0.5, 0.6) is 0 Å². The quantitative estimate of drug-likeness (QED) is 0.315. The van der Waals surface area contributed by atoms with Crippen LogP contribution in [-0.4, -0.2) is 26.9 Å². The van der Waals surface area contributed by atoms with E-state index in [9.17, 15) is 24.8 Å². The van der Waals surface area contributed by atoms with Crippen molar-refractivity contribution in [3.8, 4) is 11.1 Å². The maximum absolute atomic E-state index is 12.8. The van der Waals surface area contributed by atoms with Crippen molar-refractivity contribution in [1.29, 1.82) is 0 Å². The van der Waals surface area contributed by atoms with Gasteiger partial charge in [0.1, 0.15) is 5.69 Å². The number of hydrogen-bond acceptors (Lipinski definition) is 5. The summed E-state index contributed by atoms with van der Waals surface area (Å²) in [6.07, 6.45) is 1.29. The van der Waals surface area contributed by atoms with Crippen LogP contribution in [0.2, 0.25) is 0 Å². The molecule has 164 valence electrons. The number of carbonyl (C=O) groups excluding carboxylic acids is 1. The average Bonchev–Trinajstić information content (AvgIpc) is 2.83. The number of aliphatic carboxylic acids is 1. The lowest BCUT2D eigenvalue weighted by Crippen LogP contribution is -2.30. The number of non-ortho nitro benzene ring substituents is 1. The molecule has 8 nitrogen and oxygen atoms in total. The van der Waals surface area contributed by atoms with E-state index in [1.807, 2.05) is 24.3 Å². The van der Waals surface area contributed by atoms with Crippen LogP contribution in [0.3, 0.4) is 0 Å². The minimum Gasteiger partial charge on any atom is -0.481 e. The summed E-state index contributed by atoms with van der Waals surface area (Å²) in [5.74, 6) is -1.54. The number of fused-ring (bicyclic) bond motifs is 1. The van der Waals surface area contributed by atoms with Crippen LogP contribution in [0.25, 0.3) is 21.9 Å². The molecule has 1 amide bonds. The molecular formula is C25H19N3O5. The van der Waals surface area contributed by atoms with Crippen molar-refractivity contribution in [1.82, 2.24) is 10.3 Å². The van der Waals surface area contributed by atoms with Crippen molar-refractivity contribution >= 4 is 28.3 Å². The van der Waals surface area contributed by atoms with Gasteiger partial charge in [-0.3, -0.25) is 24.7 Å². The predicted octanol–water partition coefficient (Wildman–Crippen LogP) is 4.76. The third kappa shape index (κ3) is 5.01. The number of benzene rings is 3. The largest absolute Gasteiger partial charge is 0.481 e. The summed E-state index contributed by atoms with van der Waals surface area (Å²) in [5, 5.41) is 24.9. The van der Waals surface area contributed by atoms with Gasteiger partial charge in [0.2, 0.25) is 0 Å².